The number of hydrogen-bond acceptors (Lipinski definition) is 14. The van der Waals surface area contributed by atoms with Crippen LogP contribution in [0, 0.1) is 5.92 Å². The molecule has 0 spiro atoms. The summed E-state index contributed by atoms with van der Waals surface area (Å²) in [6, 6.07) is 7.02. The quantitative estimate of drug-likeness (QED) is 0.114. The summed E-state index contributed by atoms with van der Waals surface area (Å²) >= 11 is 8.38. The lowest BCUT2D eigenvalue weighted by molar-refractivity contribution is -0.179. The number of methoxy groups -OCH3 is 1. The van der Waals surface area contributed by atoms with E-state index in [-0.39, 0.29) is 41.3 Å². The Morgan fingerprint density at radius 1 is 1.16 bits per heavy atom. The van der Waals surface area contributed by atoms with Gasteiger partial charge in [0, 0.05) is 29.6 Å². The molecule has 4 rings (SSSR count). The molecule has 2 atom stereocenters. The third-order valence-electron chi connectivity index (χ3n) is 6.62. The number of nitrogen functional groups attached to an aromatic ring is 1. The van der Waals surface area contributed by atoms with Gasteiger partial charge in [0.1, 0.15) is 23.7 Å². The number of anilines is 1. The van der Waals surface area contributed by atoms with Gasteiger partial charge in [-0.3, -0.25) is 14.5 Å². The fraction of sp³-hybridized carbons (Fsp3) is 0.483. The summed E-state index contributed by atoms with van der Waals surface area (Å²) in [5.41, 5.74) is 4.47. The first kappa shape index (κ1) is 34.2. The molecular weight excluding hydrogens is 646 g/mol. The number of alkyl halides is 1. The Hall–Kier alpha value is -3.69. The Morgan fingerprint density at radius 2 is 1.84 bits per heavy atom. The van der Waals surface area contributed by atoms with E-state index in [1.807, 2.05) is 0 Å². The highest BCUT2D eigenvalue weighted by molar-refractivity contribution is 8.00. The highest BCUT2D eigenvalue weighted by atomic mass is 35.5. The maximum atomic E-state index is 13.6. The SMILES string of the molecule is COc1ccc(COC(=O)C2=C(CCl)CSC3[C@H](CC(=O)/C(=N\OC(C)(C)C(=O)OC(C)(C)C)c4nsc(N)n4)C(=O)N23)cc1. The zero-order valence-corrected chi connectivity index (χ0v) is 28.0. The van der Waals surface area contributed by atoms with Gasteiger partial charge in [-0.25, -0.2) is 9.59 Å². The predicted molar refractivity (Wildman–Crippen MR) is 169 cm³/mol. The van der Waals surface area contributed by atoms with E-state index in [0.717, 1.165) is 17.1 Å². The number of nitrogens with two attached hydrogens (primary N) is 1. The number of ketones is 1. The fourth-order valence-electron chi connectivity index (χ4n) is 4.29. The molecular formula is C29H34ClN5O8S2. The number of benzene rings is 1. The van der Waals surface area contributed by atoms with Crippen molar-refractivity contribution in [3.8, 4) is 5.75 Å². The van der Waals surface area contributed by atoms with E-state index in [9.17, 15) is 19.2 Å². The van der Waals surface area contributed by atoms with Gasteiger partial charge in [0.2, 0.25) is 17.3 Å². The summed E-state index contributed by atoms with van der Waals surface area (Å²) in [6.07, 6.45) is -0.286. The first-order valence-corrected chi connectivity index (χ1v) is 16.2. The first-order chi connectivity index (χ1) is 21.1. The molecule has 13 nitrogen and oxygen atoms in total. The predicted octanol–water partition coefficient (Wildman–Crippen LogP) is 3.70. The average Bonchev–Trinajstić information content (AvgIpc) is 3.42. The molecule has 45 heavy (non-hydrogen) atoms. The zero-order valence-electron chi connectivity index (χ0n) is 25.6. The summed E-state index contributed by atoms with van der Waals surface area (Å²) in [4.78, 5) is 63.8. The molecule has 1 unspecified atom stereocenters. The van der Waals surface area contributed by atoms with E-state index < -0.39 is 46.1 Å². The number of esters is 2. The fourth-order valence-corrected chi connectivity index (χ4v) is 6.47. The van der Waals surface area contributed by atoms with E-state index in [0.29, 0.717) is 17.1 Å². The number of carbonyl (C=O) groups excluding carboxylic acids is 4. The van der Waals surface area contributed by atoms with Crippen molar-refractivity contribution < 1.29 is 38.2 Å². The molecule has 0 saturated carbocycles. The van der Waals surface area contributed by atoms with Crippen LogP contribution in [0.4, 0.5) is 5.13 Å². The van der Waals surface area contributed by atoms with Gasteiger partial charge < -0.3 is 24.8 Å². The minimum Gasteiger partial charge on any atom is -0.497 e. The van der Waals surface area contributed by atoms with Gasteiger partial charge in [-0.2, -0.15) is 9.36 Å². The summed E-state index contributed by atoms with van der Waals surface area (Å²) in [5.74, 6) is -2.27. The maximum Gasteiger partial charge on any atom is 0.355 e. The Bertz CT molecular complexity index is 1530. The van der Waals surface area contributed by atoms with Crippen LogP contribution >= 0.6 is 34.9 Å². The molecule has 242 valence electrons. The largest absolute Gasteiger partial charge is 0.497 e. The Kier molecular flexibility index (Phi) is 10.4. The molecule has 0 bridgehead atoms. The van der Waals surface area contributed by atoms with Crippen LogP contribution in [0.3, 0.4) is 0 Å². The number of oxime groups is 1. The number of hydrogen-bond donors (Lipinski definition) is 1. The number of carbonyl (C=O) groups is 4. The second kappa shape index (κ2) is 13.7. The lowest BCUT2D eigenvalue weighted by Crippen LogP contribution is -2.62. The van der Waals surface area contributed by atoms with Gasteiger partial charge in [-0.1, -0.05) is 17.3 Å². The Balaban J connectivity index is 1.49. The Labute approximate surface area is 273 Å². The van der Waals surface area contributed by atoms with Gasteiger partial charge in [-0.15, -0.1) is 23.4 Å². The van der Waals surface area contributed by atoms with Crippen molar-refractivity contribution >= 4 is 69.4 Å². The molecule has 1 fully saturated rings. The number of thioether (sulfide) groups is 1. The average molecular weight is 680 g/mol. The van der Waals surface area contributed by atoms with Crippen LogP contribution in [0.2, 0.25) is 0 Å². The van der Waals surface area contributed by atoms with E-state index in [1.54, 1.807) is 52.1 Å². The molecule has 0 radical (unpaired) electrons. The van der Waals surface area contributed by atoms with E-state index in [4.69, 9.17) is 36.4 Å². The number of amides is 1. The maximum absolute atomic E-state index is 13.6. The molecule has 16 heteroatoms. The smallest absolute Gasteiger partial charge is 0.355 e. The summed E-state index contributed by atoms with van der Waals surface area (Å²) in [7, 11) is 1.55. The second-order valence-electron chi connectivity index (χ2n) is 11.7. The number of Topliss-reactive ketones (excluding diaryl/α,β-unsaturated/α-hetero) is 1. The van der Waals surface area contributed by atoms with Gasteiger partial charge in [0.15, 0.2) is 16.6 Å². The van der Waals surface area contributed by atoms with Gasteiger partial charge in [0.25, 0.3) is 0 Å². The third-order valence-corrected chi connectivity index (χ3v) is 8.88. The van der Waals surface area contributed by atoms with Crippen LogP contribution in [0.1, 0.15) is 52.4 Å². The molecule has 0 aliphatic carbocycles. The third kappa shape index (κ3) is 7.94. The van der Waals surface area contributed by atoms with Gasteiger partial charge in [-0.05, 0) is 57.9 Å². The molecule has 1 saturated heterocycles. The highest BCUT2D eigenvalue weighted by Gasteiger charge is 2.54. The summed E-state index contributed by atoms with van der Waals surface area (Å²) in [6.45, 7) is 7.99. The minimum atomic E-state index is -1.56. The van der Waals surface area contributed by atoms with E-state index >= 15 is 0 Å². The van der Waals surface area contributed by atoms with Crippen molar-refractivity contribution in [2.45, 2.75) is 64.2 Å². The van der Waals surface area contributed by atoms with Crippen LogP contribution in [-0.4, -0.2) is 78.9 Å². The first-order valence-electron chi connectivity index (χ1n) is 13.8. The van der Waals surface area contributed by atoms with Crippen molar-refractivity contribution in [2.75, 3.05) is 24.5 Å². The number of fused-ring (bicyclic) bond motifs is 1. The molecule has 1 aromatic carbocycles. The number of ether oxygens (including phenoxy) is 3. The molecule has 2 aromatic rings. The zero-order chi connectivity index (χ0) is 33.1. The van der Waals surface area contributed by atoms with Crippen LogP contribution in [0.15, 0.2) is 40.7 Å². The van der Waals surface area contributed by atoms with Crippen molar-refractivity contribution in [2.24, 2.45) is 11.1 Å². The molecule has 1 aromatic heterocycles. The number of nitrogens with zero attached hydrogens (tertiary/aromatic N) is 4. The molecule has 3 heterocycles. The van der Waals surface area contributed by atoms with Crippen molar-refractivity contribution in [3.05, 3.63) is 46.9 Å². The van der Waals surface area contributed by atoms with Crippen LogP contribution < -0.4 is 10.5 Å². The minimum absolute atomic E-state index is 0.0209. The molecule has 2 aliphatic heterocycles. The van der Waals surface area contributed by atoms with Gasteiger partial charge >= 0.3 is 11.9 Å². The standard InChI is InChI=1S/C29H34ClN5O8S2/c1-28(2,3)42-26(39)29(4,5)43-33-20(22-32-27(31)45-34-22)19(36)11-18-23(37)35-21(16(12-30)14-44-24(18)35)25(38)41-13-15-7-9-17(40-6)10-8-15/h7-10,18,24H,11-14H2,1-6H3,(H2,31,32,34)/b33-20+/t18-,24?/m1/s1. The topological polar surface area (TPSA) is 173 Å². The lowest BCUT2D eigenvalue weighted by atomic mass is 9.89. The molecule has 2 N–H and O–H groups in total. The summed E-state index contributed by atoms with van der Waals surface area (Å²) < 4.78 is 20.1. The summed E-state index contributed by atoms with van der Waals surface area (Å²) in [5, 5.41) is 3.52. The van der Waals surface area contributed by atoms with Crippen LogP contribution in [-0.2, 0) is 40.1 Å². The van der Waals surface area contributed by atoms with E-state index in [1.165, 1.54) is 30.5 Å². The normalized spacial score (nSPS) is 18.6. The molecule has 2 aliphatic rings. The molecule has 1 amide bonds. The second-order valence-corrected chi connectivity index (χ2v) is 13.8. The van der Waals surface area contributed by atoms with Crippen molar-refractivity contribution in [3.63, 3.8) is 0 Å². The van der Waals surface area contributed by atoms with Crippen molar-refractivity contribution in [1.82, 2.24) is 14.3 Å². The Morgan fingerprint density at radius 3 is 2.42 bits per heavy atom. The van der Waals surface area contributed by atoms with Crippen molar-refractivity contribution in [1.29, 1.82) is 0 Å². The van der Waals surface area contributed by atoms with Crippen LogP contribution in [0.25, 0.3) is 0 Å². The number of β-lactam (4-membered cyclic amide) rings is 1. The lowest BCUT2D eigenvalue weighted by Gasteiger charge is -2.49. The number of aromatic nitrogens is 2. The van der Waals surface area contributed by atoms with Gasteiger partial charge in [0.05, 0.1) is 18.4 Å². The highest BCUT2D eigenvalue weighted by Crippen LogP contribution is 2.45. The number of halogens is 1. The monoisotopic (exact) mass is 679 g/mol. The van der Waals surface area contributed by atoms with Crippen LogP contribution in [0.5, 0.6) is 5.75 Å². The van der Waals surface area contributed by atoms with E-state index in [2.05, 4.69) is 14.5 Å². The number of rotatable bonds is 12.